The number of hydrogen-bond acceptors (Lipinski definition) is 3. The molecule has 3 nitrogen and oxygen atoms in total. The molecule has 1 unspecified atom stereocenters. The van der Waals surface area contributed by atoms with Crippen molar-refractivity contribution in [2.24, 2.45) is 0 Å². The molecule has 0 aliphatic carbocycles. The van der Waals surface area contributed by atoms with E-state index in [1.165, 1.54) is 5.56 Å². The molecule has 1 N–H and O–H groups in total. The third-order valence-corrected chi connectivity index (χ3v) is 3.19. The first-order valence-corrected chi connectivity index (χ1v) is 6.89. The van der Waals surface area contributed by atoms with E-state index in [0.29, 0.717) is 6.04 Å². The molecule has 19 heavy (non-hydrogen) atoms. The minimum Gasteiger partial charge on any atom is -0.368 e. The fourth-order valence-electron chi connectivity index (χ4n) is 2.02. The largest absolute Gasteiger partial charge is 0.368 e. The molecule has 0 bridgehead atoms. The molecule has 0 aliphatic rings. The van der Waals surface area contributed by atoms with Gasteiger partial charge in [0.1, 0.15) is 12.1 Å². The van der Waals surface area contributed by atoms with Gasteiger partial charge in [0.05, 0.1) is 0 Å². The molecule has 1 aromatic carbocycles. The van der Waals surface area contributed by atoms with E-state index < -0.39 is 0 Å². The first kappa shape index (κ1) is 13.5. The van der Waals surface area contributed by atoms with Crippen molar-refractivity contribution in [1.29, 1.82) is 0 Å². The average Bonchev–Trinajstić information content (AvgIpc) is 2.46. The van der Waals surface area contributed by atoms with Crippen molar-refractivity contribution in [3.8, 4) is 0 Å². The van der Waals surface area contributed by atoms with Crippen LogP contribution >= 0.6 is 0 Å². The molecule has 1 aromatic heterocycles. The van der Waals surface area contributed by atoms with E-state index in [1.54, 1.807) is 6.33 Å². The second kappa shape index (κ2) is 6.88. The van der Waals surface area contributed by atoms with Crippen LogP contribution in [-0.4, -0.2) is 16.0 Å². The fourth-order valence-corrected chi connectivity index (χ4v) is 2.02. The molecular formula is C16H21N3. The van der Waals surface area contributed by atoms with E-state index in [2.05, 4.69) is 59.5 Å². The summed E-state index contributed by atoms with van der Waals surface area (Å²) in [4.78, 5) is 8.47. The first-order chi connectivity index (χ1) is 9.28. The van der Waals surface area contributed by atoms with Crippen LogP contribution < -0.4 is 5.32 Å². The van der Waals surface area contributed by atoms with E-state index in [0.717, 1.165) is 30.8 Å². The summed E-state index contributed by atoms with van der Waals surface area (Å²) in [6.07, 6.45) is 4.75. The zero-order valence-electron chi connectivity index (χ0n) is 11.6. The highest BCUT2D eigenvalue weighted by Crippen LogP contribution is 2.10. The lowest BCUT2D eigenvalue weighted by Gasteiger charge is -2.14. The Morgan fingerprint density at radius 3 is 2.68 bits per heavy atom. The van der Waals surface area contributed by atoms with Gasteiger partial charge in [-0.05, 0) is 31.7 Å². The molecule has 100 valence electrons. The molecule has 0 saturated carbocycles. The summed E-state index contributed by atoms with van der Waals surface area (Å²) >= 11 is 0. The zero-order valence-corrected chi connectivity index (χ0v) is 11.6. The number of nitrogens with one attached hydrogen (secondary N) is 1. The number of aryl methyl sites for hydroxylation is 2. The summed E-state index contributed by atoms with van der Waals surface area (Å²) in [5.74, 6) is 0.924. The van der Waals surface area contributed by atoms with Gasteiger partial charge in [-0.25, -0.2) is 9.97 Å². The van der Waals surface area contributed by atoms with Crippen LogP contribution in [0.2, 0.25) is 0 Å². The van der Waals surface area contributed by atoms with E-state index >= 15 is 0 Å². The average molecular weight is 255 g/mol. The predicted molar refractivity (Wildman–Crippen MR) is 79.3 cm³/mol. The lowest BCUT2D eigenvalue weighted by Crippen LogP contribution is -2.17. The Morgan fingerprint density at radius 2 is 1.95 bits per heavy atom. The van der Waals surface area contributed by atoms with Crippen molar-refractivity contribution >= 4 is 5.82 Å². The highest BCUT2D eigenvalue weighted by Gasteiger charge is 2.04. The van der Waals surface area contributed by atoms with E-state index in [9.17, 15) is 0 Å². The van der Waals surface area contributed by atoms with Crippen LogP contribution in [0.15, 0.2) is 42.7 Å². The molecule has 1 heterocycles. The third kappa shape index (κ3) is 4.36. The fraction of sp³-hybridized carbons (Fsp3) is 0.375. The van der Waals surface area contributed by atoms with Crippen LogP contribution in [0.3, 0.4) is 0 Å². The van der Waals surface area contributed by atoms with Crippen LogP contribution in [0.25, 0.3) is 0 Å². The van der Waals surface area contributed by atoms with Crippen molar-refractivity contribution in [2.45, 2.75) is 39.2 Å². The molecule has 0 amide bonds. The minimum absolute atomic E-state index is 0.403. The van der Waals surface area contributed by atoms with Gasteiger partial charge < -0.3 is 5.32 Å². The predicted octanol–water partition coefficient (Wildman–Crippen LogP) is 3.47. The van der Waals surface area contributed by atoms with Crippen LogP contribution in [0, 0.1) is 0 Å². The summed E-state index contributed by atoms with van der Waals surface area (Å²) in [5, 5.41) is 3.44. The molecule has 0 spiro atoms. The van der Waals surface area contributed by atoms with Crippen LogP contribution in [0.1, 0.15) is 31.5 Å². The minimum atomic E-state index is 0.403. The monoisotopic (exact) mass is 255 g/mol. The van der Waals surface area contributed by atoms with Gasteiger partial charge in [0.15, 0.2) is 0 Å². The number of rotatable bonds is 6. The Labute approximate surface area is 115 Å². The Morgan fingerprint density at radius 1 is 1.16 bits per heavy atom. The molecule has 1 atom stereocenters. The maximum Gasteiger partial charge on any atom is 0.129 e. The standard InChI is InChI=1S/C16H21N3/c1-3-15-11-16(18-12-17-15)19-13(2)9-10-14-7-5-4-6-8-14/h4-8,11-13H,3,9-10H2,1-2H3,(H,17,18,19). The van der Waals surface area contributed by atoms with Crippen LogP contribution in [-0.2, 0) is 12.8 Å². The number of aromatic nitrogens is 2. The summed E-state index contributed by atoms with van der Waals surface area (Å²) in [6, 6.07) is 13.0. The summed E-state index contributed by atoms with van der Waals surface area (Å²) in [7, 11) is 0. The second-order valence-electron chi connectivity index (χ2n) is 4.82. The molecule has 0 aliphatic heterocycles. The van der Waals surface area contributed by atoms with E-state index in [-0.39, 0.29) is 0 Å². The topological polar surface area (TPSA) is 37.8 Å². The van der Waals surface area contributed by atoms with Gasteiger partial charge in [-0.15, -0.1) is 0 Å². The first-order valence-electron chi connectivity index (χ1n) is 6.89. The Kier molecular flexibility index (Phi) is 4.90. The molecule has 0 saturated heterocycles. The molecule has 2 aromatic rings. The van der Waals surface area contributed by atoms with E-state index in [4.69, 9.17) is 0 Å². The highest BCUT2D eigenvalue weighted by atomic mass is 15.0. The number of nitrogens with zero attached hydrogens (tertiary/aromatic N) is 2. The van der Waals surface area contributed by atoms with Gasteiger partial charge in [0.25, 0.3) is 0 Å². The SMILES string of the molecule is CCc1cc(NC(C)CCc2ccccc2)ncn1. The van der Waals surface area contributed by atoms with Gasteiger partial charge in [0.2, 0.25) is 0 Å². The highest BCUT2D eigenvalue weighted by molar-refractivity contribution is 5.35. The van der Waals surface area contributed by atoms with Crippen molar-refractivity contribution in [3.63, 3.8) is 0 Å². The maximum atomic E-state index is 4.26. The molecular weight excluding hydrogens is 234 g/mol. The Hall–Kier alpha value is -1.90. The Balaban J connectivity index is 1.85. The van der Waals surface area contributed by atoms with Crippen LogP contribution in [0.5, 0.6) is 0 Å². The Bertz CT molecular complexity index is 496. The quantitative estimate of drug-likeness (QED) is 0.858. The summed E-state index contributed by atoms with van der Waals surface area (Å²) in [6.45, 7) is 4.29. The van der Waals surface area contributed by atoms with Gasteiger partial charge in [0, 0.05) is 17.8 Å². The van der Waals surface area contributed by atoms with Gasteiger partial charge in [-0.1, -0.05) is 37.3 Å². The molecule has 3 heteroatoms. The van der Waals surface area contributed by atoms with Gasteiger partial charge >= 0.3 is 0 Å². The zero-order chi connectivity index (χ0) is 13.5. The second-order valence-corrected chi connectivity index (χ2v) is 4.82. The smallest absolute Gasteiger partial charge is 0.129 e. The normalized spacial score (nSPS) is 12.1. The third-order valence-electron chi connectivity index (χ3n) is 3.19. The summed E-state index contributed by atoms with van der Waals surface area (Å²) < 4.78 is 0. The van der Waals surface area contributed by atoms with Crippen molar-refractivity contribution in [2.75, 3.05) is 5.32 Å². The maximum absolute atomic E-state index is 4.26. The number of benzene rings is 1. The van der Waals surface area contributed by atoms with Crippen LogP contribution in [0.4, 0.5) is 5.82 Å². The van der Waals surface area contributed by atoms with Crippen molar-refractivity contribution < 1.29 is 0 Å². The molecule has 2 rings (SSSR count). The molecule has 0 fully saturated rings. The summed E-state index contributed by atoms with van der Waals surface area (Å²) in [5.41, 5.74) is 2.46. The van der Waals surface area contributed by atoms with Crippen molar-refractivity contribution in [1.82, 2.24) is 9.97 Å². The van der Waals surface area contributed by atoms with Crippen molar-refractivity contribution in [3.05, 3.63) is 54.0 Å². The molecule has 0 radical (unpaired) electrons. The van der Waals surface area contributed by atoms with Gasteiger partial charge in [-0.3, -0.25) is 0 Å². The van der Waals surface area contributed by atoms with Gasteiger partial charge in [-0.2, -0.15) is 0 Å². The van der Waals surface area contributed by atoms with E-state index in [1.807, 2.05) is 6.07 Å². The number of anilines is 1. The lowest BCUT2D eigenvalue weighted by atomic mass is 10.1. The number of hydrogen-bond donors (Lipinski definition) is 1. The lowest BCUT2D eigenvalue weighted by molar-refractivity contribution is 0.702.